The minimum absolute atomic E-state index is 0.181. The monoisotopic (exact) mass is 348 g/mol. The van der Waals surface area contributed by atoms with Crippen molar-refractivity contribution < 1.29 is 14.3 Å². The molecule has 1 aromatic heterocycles. The largest absolute Gasteiger partial charge is 0.496 e. The van der Waals surface area contributed by atoms with Crippen LogP contribution < -0.4 is 10.1 Å². The van der Waals surface area contributed by atoms with E-state index in [1.807, 2.05) is 41.0 Å². The summed E-state index contributed by atoms with van der Waals surface area (Å²) in [5, 5.41) is 4.88. The minimum atomic E-state index is -0.181. The number of fused-ring (bicyclic) bond motifs is 2. The number of aromatic nitrogens is 1. The summed E-state index contributed by atoms with van der Waals surface area (Å²) < 4.78 is 7.38. The van der Waals surface area contributed by atoms with E-state index in [4.69, 9.17) is 4.74 Å². The van der Waals surface area contributed by atoms with Crippen LogP contribution in [0.15, 0.2) is 42.5 Å². The van der Waals surface area contributed by atoms with Crippen molar-refractivity contribution in [3.63, 3.8) is 0 Å². The third-order valence-electron chi connectivity index (χ3n) is 5.00. The molecule has 5 nitrogen and oxygen atoms in total. The van der Waals surface area contributed by atoms with Gasteiger partial charge in [-0.2, -0.15) is 0 Å². The Bertz CT molecular complexity index is 1000. The van der Waals surface area contributed by atoms with E-state index in [1.54, 1.807) is 13.2 Å². The van der Waals surface area contributed by atoms with Crippen molar-refractivity contribution in [3.05, 3.63) is 59.4 Å². The number of nitrogens with zero attached hydrogens (tertiary/aromatic N) is 1. The van der Waals surface area contributed by atoms with Crippen LogP contribution in [0, 0.1) is 0 Å². The molecular formula is C21H20N2O3. The molecule has 132 valence electrons. The summed E-state index contributed by atoms with van der Waals surface area (Å²) in [6.07, 6.45) is 3.72. The summed E-state index contributed by atoms with van der Waals surface area (Å²) in [5.74, 6) is 0.585. The summed E-state index contributed by atoms with van der Waals surface area (Å²) >= 11 is 0. The molecule has 0 saturated heterocycles. The molecule has 1 aliphatic rings. The lowest BCUT2D eigenvalue weighted by Crippen LogP contribution is -2.17. The molecule has 2 aromatic carbocycles. The van der Waals surface area contributed by atoms with Crippen LogP contribution in [0.3, 0.4) is 0 Å². The number of hydrogen-bond donors (Lipinski definition) is 1. The van der Waals surface area contributed by atoms with E-state index in [0.29, 0.717) is 11.3 Å². The average Bonchev–Trinajstić information content (AvgIpc) is 3.07. The van der Waals surface area contributed by atoms with Crippen molar-refractivity contribution in [3.8, 4) is 5.75 Å². The number of ether oxygens (including phenoxy) is 1. The van der Waals surface area contributed by atoms with Crippen molar-refractivity contribution in [1.82, 2.24) is 4.57 Å². The fraction of sp³-hybridized carbons (Fsp3) is 0.238. The van der Waals surface area contributed by atoms with Crippen LogP contribution in [0.2, 0.25) is 0 Å². The first-order chi connectivity index (χ1) is 12.7. The maximum absolute atomic E-state index is 12.9. The van der Waals surface area contributed by atoms with Crippen LogP contribution in [0.5, 0.6) is 5.75 Å². The Kier molecular flexibility index (Phi) is 4.21. The third-order valence-corrected chi connectivity index (χ3v) is 5.00. The number of anilines is 1. The highest BCUT2D eigenvalue weighted by molar-refractivity contribution is 6.11. The van der Waals surface area contributed by atoms with Gasteiger partial charge in [0.1, 0.15) is 5.75 Å². The molecule has 0 radical (unpaired) electrons. The van der Waals surface area contributed by atoms with E-state index in [2.05, 4.69) is 5.32 Å². The highest BCUT2D eigenvalue weighted by Crippen LogP contribution is 2.32. The molecule has 5 heteroatoms. The quantitative estimate of drug-likeness (QED) is 0.724. The summed E-state index contributed by atoms with van der Waals surface area (Å²) in [6.45, 7) is 0.794. The van der Waals surface area contributed by atoms with E-state index in [9.17, 15) is 9.59 Å². The second-order valence-electron chi connectivity index (χ2n) is 6.47. The normalized spacial score (nSPS) is 13.3. The maximum atomic E-state index is 12.9. The summed E-state index contributed by atoms with van der Waals surface area (Å²) in [6, 6.07) is 13.2. The zero-order valence-corrected chi connectivity index (χ0v) is 14.6. The molecule has 2 heterocycles. The lowest BCUT2D eigenvalue weighted by molar-refractivity contribution is 0.102. The molecule has 0 bridgehead atoms. The van der Waals surface area contributed by atoms with Gasteiger partial charge in [0.2, 0.25) is 0 Å². The Balaban J connectivity index is 1.73. The highest BCUT2D eigenvalue weighted by atomic mass is 16.5. The smallest absolute Gasteiger partial charge is 0.257 e. The van der Waals surface area contributed by atoms with Gasteiger partial charge in [0, 0.05) is 28.7 Å². The number of hydrogen-bond acceptors (Lipinski definition) is 3. The Morgan fingerprint density at radius 3 is 2.73 bits per heavy atom. The SMILES string of the molecule is COc1ccc(NC(=O)c2cc(C=O)n3c2CCCC3)c2ccccc12. The Morgan fingerprint density at radius 1 is 1.15 bits per heavy atom. The van der Waals surface area contributed by atoms with Crippen molar-refractivity contribution >= 4 is 28.7 Å². The number of nitrogens with one attached hydrogen (secondary N) is 1. The van der Waals surface area contributed by atoms with Gasteiger partial charge in [-0.15, -0.1) is 0 Å². The van der Waals surface area contributed by atoms with E-state index in [1.165, 1.54) is 0 Å². The molecule has 3 aromatic rings. The van der Waals surface area contributed by atoms with E-state index < -0.39 is 0 Å². The van der Waals surface area contributed by atoms with Crippen LogP contribution in [0.25, 0.3) is 10.8 Å². The second kappa shape index (κ2) is 6.67. The van der Waals surface area contributed by atoms with Gasteiger partial charge in [0.15, 0.2) is 6.29 Å². The van der Waals surface area contributed by atoms with Crippen LogP contribution in [0.4, 0.5) is 5.69 Å². The van der Waals surface area contributed by atoms with Gasteiger partial charge in [-0.3, -0.25) is 9.59 Å². The molecule has 0 spiro atoms. The van der Waals surface area contributed by atoms with Gasteiger partial charge in [-0.1, -0.05) is 24.3 Å². The van der Waals surface area contributed by atoms with Gasteiger partial charge < -0.3 is 14.6 Å². The fourth-order valence-electron chi connectivity index (χ4n) is 3.75. The van der Waals surface area contributed by atoms with Gasteiger partial charge in [0.25, 0.3) is 5.91 Å². The van der Waals surface area contributed by atoms with Gasteiger partial charge >= 0.3 is 0 Å². The van der Waals surface area contributed by atoms with Crippen molar-refractivity contribution in [1.29, 1.82) is 0 Å². The van der Waals surface area contributed by atoms with Crippen molar-refractivity contribution in [2.24, 2.45) is 0 Å². The van der Waals surface area contributed by atoms with Crippen molar-refractivity contribution in [2.75, 3.05) is 12.4 Å². The number of carbonyl (C=O) groups excluding carboxylic acids is 2. The first kappa shape index (κ1) is 16.4. The van der Waals surface area contributed by atoms with Gasteiger partial charge in [0.05, 0.1) is 18.4 Å². The predicted octanol–water partition coefficient (Wildman–Crippen LogP) is 4.05. The van der Waals surface area contributed by atoms with Crippen molar-refractivity contribution in [2.45, 2.75) is 25.8 Å². The van der Waals surface area contributed by atoms with Crippen LogP contribution in [-0.4, -0.2) is 23.9 Å². The topological polar surface area (TPSA) is 60.3 Å². The highest BCUT2D eigenvalue weighted by Gasteiger charge is 2.22. The van der Waals surface area contributed by atoms with Gasteiger partial charge in [-0.25, -0.2) is 0 Å². The lowest BCUT2D eigenvalue weighted by Gasteiger charge is -2.17. The number of aldehydes is 1. The van der Waals surface area contributed by atoms with Crippen LogP contribution in [0.1, 0.15) is 39.4 Å². The van der Waals surface area contributed by atoms with E-state index in [0.717, 1.165) is 60.0 Å². The number of methoxy groups -OCH3 is 1. The maximum Gasteiger partial charge on any atom is 0.257 e. The number of carbonyl (C=O) groups is 2. The Labute approximate surface area is 151 Å². The molecular weight excluding hydrogens is 328 g/mol. The zero-order chi connectivity index (χ0) is 18.1. The minimum Gasteiger partial charge on any atom is -0.496 e. The molecule has 4 rings (SSSR count). The third kappa shape index (κ3) is 2.65. The molecule has 1 N–H and O–H groups in total. The molecule has 0 aliphatic carbocycles. The van der Waals surface area contributed by atoms with Crippen LogP contribution in [-0.2, 0) is 13.0 Å². The molecule has 0 atom stereocenters. The Hall–Kier alpha value is -3.08. The number of amides is 1. The summed E-state index contributed by atoms with van der Waals surface area (Å²) in [4.78, 5) is 24.3. The van der Waals surface area contributed by atoms with E-state index >= 15 is 0 Å². The first-order valence-electron chi connectivity index (χ1n) is 8.77. The van der Waals surface area contributed by atoms with Gasteiger partial charge in [-0.05, 0) is 37.5 Å². The number of benzene rings is 2. The molecule has 1 amide bonds. The average molecular weight is 348 g/mol. The summed E-state index contributed by atoms with van der Waals surface area (Å²) in [5.41, 5.74) is 2.85. The van der Waals surface area contributed by atoms with Crippen LogP contribution >= 0.6 is 0 Å². The number of rotatable bonds is 4. The molecule has 26 heavy (non-hydrogen) atoms. The fourth-order valence-corrected chi connectivity index (χ4v) is 3.75. The first-order valence-corrected chi connectivity index (χ1v) is 8.77. The molecule has 0 fully saturated rings. The second-order valence-corrected chi connectivity index (χ2v) is 6.47. The zero-order valence-electron chi connectivity index (χ0n) is 14.6. The summed E-state index contributed by atoms with van der Waals surface area (Å²) in [7, 11) is 1.63. The lowest BCUT2D eigenvalue weighted by atomic mass is 10.1. The molecule has 1 aliphatic heterocycles. The standard InChI is InChI=1S/C21H20N2O3/c1-26-20-10-9-18(15-6-2-3-7-16(15)20)22-21(25)17-12-14(13-24)23-11-5-4-8-19(17)23/h2-3,6-7,9-10,12-13H,4-5,8,11H2,1H3,(H,22,25). The molecule has 0 saturated carbocycles. The Morgan fingerprint density at radius 2 is 1.96 bits per heavy atom. The predicted molar refractivity (Wildman–Crippen MR) is 101 cm³/mol. The molecule has 0 unspecified atom stereocenters. The van der Waals surface area contributed by atoms with E-state index in [-0.39, 0.29) is 5.91 Å².